The van der Waals surface area contributed by atoms with Gasteiger partial charge in [-0.15, -0.1) is 0 Å². The van der Waals surface area contributed by atoms with Crippen LogP contribution in [0.2, 0.25) is 24.2 Å². The predicted octanol–water partition coefficient (Wildman–Crippen LogP) is 3.75. The van der Waals surface area contributed by atoms with Gasteiger partial charge < -0.3 is 14.2 Å². The Morgan fingerprint density at radius 3 is 2.41 bits per heavy atom. The van der Waals surface area contributed by atoms with Crippen LogP contribution < -0.4 is 0 Å². The standard InChI is InChI=1S/C13H26O3Si/c1-4-17(5-2,6-3)9-7-8-14-12-15-10-13-11-16-13/h10H,4-9,11-12H2,1-3H3/b13-10+. The highest BCUT2D eigenvalue weighted by Crippen LogP contribution is 2.26. The van der Waals surface area contributed by atoms with Gasteiger partial charge in [-0.2, -0.15) is 0 Å². The van der Waals surface area contributed by atoms with E-state index >= 15 is 0 Å². The zero-order valence-corrected chi connectivity index (χ0v) is 12.5. The molecule has 0 bridgehead atoms. The second kappa shape index (κ2) is 7.77. The van der Waals surface area contributed by atoms with Crippen molar-refractivity contribution in [2.75, 3.05) is 20.0 Å². The molecule has 0 aromatic rings. The van der Waals surface area contributed by atoms with E-state index in [4.69, 9.17) is 14.2 Å². The molecule has 0 aliphatic carbocycles. The first-order chi connectivity index (χ1) is 8.26. The number of ether oxygens (including phenoxy) is 3. The average Bonchev–Trinajstić information content (AvgIpc) is 3.18. The van der Waals surface area contributed by atoms with E-state index in [1.807, 2.05) is 0 Å². The van der Waals surface area contributed by atoms with Crippen LogP contribution in [0, 0.1) is 0 Å². The maximum absolute atomic E-state index is 5.44. The summed E-state index contributed by atoms with van der Waals surface area (Å²) in [5.74, 6) is 0.919. The Balaban J connectivity index is 1.99. The van der Waals surface area contributed by atoms with Gasteiger partial charge in [0.1, 0.15) is 12.9 Å². The lowest BCUT2D eigenvalue weighted by atomic mass is 10.5. The number of epoxide rings is 1. The van der Waals surface area contributed by atoms with Gasteiger partial charge in [0.15, 0.2) is 12.6 Å². The van der Waals surface area contributed by atoms with E-state index in [0.29, 0.717) is 6.79 Å². The van der Waals surface area contributed by atoms with E-state index in [9.17, 15) is 0 Å². The SMILES string of the molecule is CC[Si](CC)(CC)CCCOCO/C=C1\CO1. The van der Waals surface area contributed by atoms with Gasteiger partial charge >= 0.3 is 0 Å². The van der Waals surface area contributed by atoms with E-state index in [0.717, 1.165) is 19.0 Å². The summed E-state index contributed by atoms with van der Waals surface area (Å²) in [6, 6.07) is 5.60. The molecule has 1 fully saturated rings. The molecule has 4 heteroatoms. The lowest BCUT2D eigenvalue weighted by molar-refractivity contribution is -0.0118. The molecular weight excluding hydrogens is 232 g/mol. The molecule has 100 valence electrons. The third-order valence-electron chi connectivity index (χ3n) is 3.92. The maximum Gasteiger partial charge on any atom is 0.188 e. The van der Waals surface area contributed by atoms with Gasteiger partial charge in [-0.3, -0.25) is 0 Å². The average molecular weight is 258 g/mol. The molecule has 0 amide bonds. The van der Waals surface area contributed by atoms with Crippen LogP contribution in [-0.4, -0.2) is 28.1 Å². The van der Waals surface area contributed by atoms with Gasteiger partial charge in [-0.1, -0.05) is 44.9 Å². The van der Waals surface area contributed by atoms with Crippen LogP contribution >= 0.6 is 0 Å². The summed E-state index contributed by atoms with van der Waals surface area (Å²) in [5, 5.41) is 0. The summed E-state index contributed by atoms with van der Waals surface area (Å²) in [6.07, 6.45) is 2.82. The molecule has 1 rings (SSSR count). The van der Waals surface area contributed by atoms with Crippen LogP contribution in [-0.2, 0) is 14.2 Å². The Labute approximate surface area is 106 Å². The summed E-state index contributed by atoms with van der Waals surface area (Å²) in [4.78, 5) is 0. The molecule has 0 spiro atoms. The van der Waals surface area contributed by atoms with E-state index in [1.165, 1.54) is 30.6 Å². The molecule has 0 atom stereocenters. The zero-order chi connectivity index (χ0) is 12.6. The normalized spacial score (nSPS) is 17.0. The fourth-order valence-electron chi connectivity index (χ4n) is 2.17. The second-order valence-electron chi connectivity index (χ2n) is 4.73. The molecular formula is C13H26O3Si. The molecule has 1 heterocycles. The first-order valence-electron chi connectivity index (χ1n) is 6.77. The molecule has 1 aliphatic heterocycles. The fourth-order valence-corrected chi connectivity index (χ4v) is 5.63. The van der Waals surface area contributed by atoms with Crippen molar-refractivity contribution in [1.82, 2.24) is 0 Å². The molecule has 3 nitrogen and oxygen atoms in total. The molecule has 0 N–H and O–H groups in total. The van der Waals surface area contributed by atoms with Crippen molar-refractivity contribution in [2.45, 2.75) is 51.4 Å². The van der Waals surface area contributed by atoms with Crippen LogP contribution in [0.3, 0.4) is 0 Å². The molecule has 1 saturated heterocycles. The third-order valence-corrected chi connectivity index (χ3v) is 9.84. The van der Waals surface area contributed by atoms with E-state index < -0.39 is 8.07 Å². The minimum absolute atomic E-state index is 0.353. The molecule has 0 aromatic heterocycles. The van der Waals surface area contributed by atoms with Crippen LogP contribution in [0.1, 0.15) is 27.2 Å². The fraction of sp³-hybridized carbons (Fsp3) is 0.846. The highest BCUT2D eigenvalue weighted by molar-refractivity contribution is 6.79. The molecule has 17 heavy (non-hydrogen) atoms. The Morgan fingerprint density at radius 1 is 1.24 bits per heavy atom. The van der Waals surface area contributed by atoms with Crippen LogP contribution in [0.5, 0.6) is 0 Å². The zero-order valence-electron chi connectivity index (χ0n) is 11.5. The van der Waals surface area contributed by atoms with Gasteiger partial charge in [0, 0.05) is 0 Å². The highest BCUT2D eigenvalue weighted by atomic mass is 28.3. The lowest BCUT2D eigenvalue weighted by Gasteiger charge is -2.27. The Morgan fingerprint density at radius 2 is 1.88 bits per heavy atom. The van der Waals surface area contributed by atoms with Crippen molar-refractivity contribution in [3.05, 3.63) is 12.0 Å². The van der Waals surface area contributed by atoms with Gasteiger partial charge in [0.2, 0.25) is 0 Å². The minimum Gasteiger partial charge on any atom is -0.483 e. The molecule has 0 radical (unpaired) electrons. The quantitative estimate of drug-likeness (QED) is 0.197. The number of hydrogen-bond acceptors (Lipinski definition) is 3. The van der Waals surface area contributed by atoms with Crippen molar-refractivity contribution in [3.63, 3.8) is 0 Å². The number of hydrogen-bond donors (Lipinski definition) is 0. The minimum atomic E-state index is -0.947. The predicted molar refractivity (Wildman–Crippen MR) is 72.6 cm³/mol. The molecule has 1 aliphatic rings. The van der Waals surface area contributed by atoms with Crippen LogP contribution in [0.15, 0.2) is 12.0 Å². The largest absolute Gasteiger partial charge is 0.483 e. The lowest BCUT2D eigenvalue weighted by Crippen LogP contribution is -2.31. The van der Waals surface area contributed by atoms with Crippen molar-refractivity contribution in [1.29, 1.82) is 0 Å². The number of rotatable bonds is 10. The first-order valence-corrected chi connectivity index (χ1v) is 9.60. The van der Waals surface area contributed by atoms with Crippen molar-refractivity contribution in [3.8, 4) is 0 Å². The van der Waals surface area contributed by atoms with Gasteiger partial charge in [-0.05, 0) is 6.42 Å². The summed E-state index contributed by atoms with van der Waals surface area (Å²) < 4.78 is 15.5. The Kier molecular flexibility index (Phi) is 6.66. The topological polar surface area (TPSA) is 31.0 Å². The van der Waals surface area contributed by atoms with E-state index in [1.54, 1.807) is 6.26 Å². The molecule has 0 unspecified atom stereocenters. The third kappa shape index (κ3) is 5.59. The van der Waals surface area contributed by atoms with Crippen LogP contribution in [0.4, 0.5) is 0 Å². The van der Waals surface area contributed by atoms with Gasteiger partial charge in [0.25, 0.3) is 0 Å². The monoisotopic (exact) mass is 258 g/mol. The van der Waals surface area contributed by atoms with E-state index in [2.05, 4.69) is 20.8 Å². The van der Waals surface area contributed by atoms with Gasteiger partial charge in [0.05, 0.1) is 14.7 Å². The van der Waals surface area contributed by atoms with Crippen molar-refractivity contribution < 1.29 is 14.2 Å². The molecule has 0 aromatic carbocycles. The van der Waals surface area contributed by atoms with Crippen molar-refractivity contribution in [2.24, 2.45) is 0 Å². The van der Waals surface area contributed by atoms with Crippen molar-refractivity contribution >= 4 is 8.07 Å². The van der Waals surface area contributed by atoms with E-state index in [-0.39, 0.29) is 0 Å². The smallest absolute Gasteiger partial charge is 0.188 e. The summed E-state index contributed by atoms with van der Waals surface area (Å²) in [6.45, 7) is 8.95. The summed E-state index contributed by atoms with van der Waals surface area (Å²) >= 11 is 0. The Bertz CT molecular complexity index is 223. The molecule has 0 saturated carbocycles. The van der Waals surface area contributed by atoms with Crippen LogP contribution in [0.25, 0.3) is 0 Å². The Hall–Kier alpha value is -0.483. The van der Waals surface area contributed by atoms with Gasteiger partial charge in [-0.25, -0.2) is 0 Å². The highest BCUT2D eigenvalue weighted by Gasteiger charge is 2.25. The first kappa shape index (κ1) is 14.6. The summed E-state index contributed by atoms with van der Waals surface area (Å²) in [5.41, 5.74) is 0. The second-order valence-corrected chi connectivity index (χ2v) is 10.4. The summed E-state index contributed by atoms with van der Waals surface area (Å²) in [7, 11) is -0.947. The maximum atomic E-state index is 5.44.